The molecule has 0 rings (SSSR count). The van der Waals surface area contributed by atoms with Crippen molar-refractivity contribution >= 4 is 60.8 Å². The molecule has 0 aliphatic heterocycles. The van der Waals surface area contributed by atoms with Crippen LogP contribution in [0.5, 0.6) is 0 Å². The third-order valence-electron chi connectivity index (χ3n) is 7.47. The van der Waals surface area contributed by atoms with Crippen molar-refractivity contribution in [2.45, 2.75) is 206 Å². The normalized spacial score (nSPS) is 10.5. The predicted molar refractivity (Wildman–Crippen MR) is 166 cm³/mol. The Hall–Kier alpha value is 0.511. The Balaban J connectivity index is -0.000000648. The first kappa shape index (κ1) is 44.0. The maximum absolute atomic E-state index is 10.2. The minimum atomic E-state index is -0.904. The van der Waals surface area contributed by atoms with Crippen molar-refractivity contribution in [3.8, 4) is 0 Å². The van der Waals surface area contributed by atoms with E-state index in [1.807, 2.05) is 0 Å². The van der Waals surface area contributed by atoms with Gasteiger partial charge in [-0.25, -0.2) is 0 Å². The van der Waals surface area contributed by atoms with Crippen LogP contribution in [-0.2, 0) is 9.59 Å². The number of unbranched alkanes of at least 4 members (excludes halogenated alkanes) is 26. The van der Waals surface area contributed by atoms with E-state index in [2.05, 4.69) is 13.8 Å². The summed E-state index contributed by atoms with van der Waals surface area (Å²) < 4.78 is 0. The van der Waals surface area contributed by atoms with Crippen molar-refractivity contribution in [1.29, 1.82) is 0 Å². The molecule has 0 fully saturated rings. The Labute approximate surface area is 284 Å². The van der Waals surface area contributed by atoms with Crippen LogP contribution in [0.4, 0.5) is 0 Å². The average Bonchev–Trinajstić information content (AvgIpc) is 2.89. The molecule has 5 heteroatoms. The second-order valence-electron chi connectivity index (χ2n) is 11.4. The number of hydrogen-bond acceptors (Lipinski definition) is 4. The second kappa shape index (κ2) is 40.6. The molecule has 0 aliphatic carbocycles. The summed E-state index contributed by atoms with van der Waals surface area (Å²) in [4.78, 5) is 20.4. The molecular weight excluding hydrogens is 610 g/mol. The van der Waals surface area contributed by atoms with Gasteiger partial charge in [0, 0.05) is 11.9 Å². The molecule has 0 aromatic heterocycles. The molecule has 0 aromatic rings. The average molecular weight is 676 g/mol. The maximum Gasteiger partial charge on any atom is 2.00 e. The molecule has 0 saturated heterocycles. The molecule has 0 atom stereocenters. The summed E-state index contributed by atoms with van der Waals surface area (Å²) in [5, 5.41) is 20.4. The quantitative estimate of drug-likeness (QED) is 0.0563. The molecule has 0 spiro atoms. The van der Waals surface area contributed by atoms with Crippen molar-refractivity contribution < 1.29 is 19.8 Å². The molecule has 4 nitrogen and oxygen atoms in total. The van der Waals surface area contributed by atoms with Gasteiger partial charge in [0.1, 0.15) is 0 Å². The van der Waals surface area contributed by atoms with Crippen molar-refractivity contribution in [2.75, 3.05) is 0 Å². The molecule has 39 heavy (non-hydrogen) atoms. The molecule has 0 aromatic carbocycles. The molecule has 0 radical (unpaired) electrons. The molecule has 0 heterocycles. The van der Waals surface area contributed by atoms with Crippen LogP contribution in [-0.4, -0.2) is 60.8 Å². The van der Waals surface area contributed by atoms with E-state index in [9.17, 15) is 19.8 Å². The van der Waals surface area contributed by atoms with Gasteiger partial charge in [0.25, 0.3) is 0 Å². The van der Waals surface area contributed by atoms with Gasteiger partial charge in [0.2, 0.25) is 0 Å². The van der Waals surface area contributed by atoms with Gasteiger partial charge in [-0.05, 0) is 25.7 Å². The zero-order valence-corrected chi connectivity index (χ0v) is 31.0. The Morgan fingerprint density at radius 2 is 0.487 bits per heavy atom. The third-order valence-corrected chi connectivity index (χ3v) is 7.47. The van der Waals surface area contributed by atoms with Gasteiger partial charge in [0.05, 0.1) is 0 Å². The number of carboxylic acids is 2. The van der Waals surface area contributed by atoms with Crippen molar-refractivity contribution in [1.82, 2.24) is 0 Å². The Kier molecular flexibility index (Phi) is 45.8. The summed E-state index contributed by atoms with van der Waals surface area (Å²) in [5.41, 5.74) is 0. The van der Waals surface area contributed by atoms with Gasteiger partial charge in [-0.3, -0.25) is 0 Å². The van der Waals surface area contributed by atoms with Crippen LogP contribution in [0.15, 0.2) is 0 Å². The van der Waals surface area contributed by atoms with Crippen molar-refractivity contribution in [3.63, 3.8) is 0 Å². The van der Waals surface area contributed by atoms with Crippen LogP contribution in [0.25, 0.3) is 0 Å². The standard InChI is InChI=1S/2C17H34O2.Ba/c2*1-2-3-4-5-6-7-8-9-10-11-12-13-14-15-16-17(18)19;/h2*2-16H2,1H3,(H,18,19);/q;;+2/p-2. The van der Waals surface area contributed by atoms with Crippen LogP contribution in [0.1, 0.15) is 206 Å². The second-order valence-corrected chi connectivity index (χ2v) is 11.4. The zero-order valence-electron chi connectivity index (χ0n) is 26.6. The van der Waals surface area contributed by atoms with E-state index in [4.69, 9.17) is 0 Å². The number of rotatable bonds is 30. The molecule has 0 bridgehead atoms. The first-order valence-corrected chi connectivity index (χ1v) is 16.9. The van der Waals surface area contributed by atoms with Gasteiger partial charge < -0.3 is 19.8 Å². The van der Waals surface area contributed by atoms with Crippen LogP contribution in [0.2, 0.25) is 0 Å². The SMILES string of the molecule is CCCCCCCCCCCCCCCCC(=O)[O-].CCCCCCCCCCCCCCCCC(=O)[O-].[Ba+2]. The van der Waals surface area contributed by atoms with Crippen LogP contribution >= 0.6 is 0 Å². The fourth-order valence-electron chi connectivity index (χ4n) is 4.93. The fraction of sp³-hybridized carbons (Fsp3) is 0.941. The van der Waals surface area contributed by atoms with Gasteiger partial charge in [-0.2, -0.15) is 0 Å². The first-order chi connectivity index (χ1) is 18.5. The molecule has 0 saturated carbocycles. The molecule has 0 unspecified atom stereocenters. The van der Waals surface area contributed by atoms with Gasteiger partial charge in [-0.15, -0.1) is 0 Å². The van der Waals surface area contributed by atoms with E-state index < -0.39 is 11.9 Å². The Morgan fingerprint density at radius 3 is 0.641 bits per heavy atom. The van der Waals surface area contributed by atoms with Gasteiger partial charge in [0.15, 0.2) is 0 Å². The first-order valence-electron chi connectivity index (χ1n) is 16.9. The number of carbonyl (C=O) groups excluding carboxylic acids is 2. The van der Waals surface area contributed by atoms with Crippen LogP contribution in [0, 0.1) is 0 Å². The van der Waals surface area contributed by atoms with E-state index in [1.165, 1.54) is 154 Å². The summed E-state index contributed by atoms with van der Waals surface area (Å²) in [6, 6.07) is 0. The number of carboxylic acid groups (broad SMARTS) is 2. The van der Waals surface area contributed by atoms with Crippen LogP contribution in [0.3, 0.4) is 0 Å². The van der Waals surface area contributed by atoms with Crippen molar-refractivity contribution in [3.05, 3.63) is 0 Å². The third kappa shape index (κ3) is 48.6. The minimum absolute atomic E-state index is 0. The summed E-state index contributed by atoms with van der Waals surface area (Å²) in [6.07, 6.45) is 36.8. The molecule has 0 N–H and O–H groups in total. The van der Waals surface area contributed by atoms with E-state index in [0.29, 0.717) is 0 Å². The van der Waals surface area contributed by atoms with Gasteiger partial charge in [-0.1, -0.05) is 181 Å². The molecule has 0 aliphatic rings. The predicted octanol–water partition coefficient (Wildman–Crippen LogP) is 8.83. The van der Waals surface area contributed by atoms with Gasteiger partial charge >= 0.3 is 48.9 Å². The number of carbonyl (C=O) groups is 2. The Bertz CT molecular complexity index is 428. The summed E-state index contributed by atoms with van der Waals surface area (Å²) in [5.74, 6) is -1.81. The molecule has 228 valence electrons. The number of aliphatic carboxylic acids is 2. The summed E-state index contributed by atoms with van der Waals surface area (Å²) in [6.45, 7) is 4.52. The monoisotopic (exact) mass is 676 g/mol. The Morgan fingerprint density at radius 1 is 0.333 bits per heavy atom. The van der Waals surface area contributed by atoms with E-state index in [0.717, 1.165) is 25.7 Å². The van der Waals surface area contributed by atoms with E-state index >= 15 is 0 Å². The molecular formula is C34H66BaO4. The van der Waals surface area contributed by atoms with E-state index in [-0.39, 0.29) is 61.7 Å². The minimum Gasteiger partial charge on any atom is -0.550 e. The van der Waals surface area contributed by atoms with Crippen molar-refractivity contribution in [2.24, 2.45) is 0 Å². The largest absolute Gasteiger partial charge is 2.00 e. The smallest absolute Gasteiger partial charge is 0.550 e. The molecule has 0 amide bonds. The number of hydrogen-bond donors (Lipinski definition) is 0. The fourth-order valence-corrected chi connectivity index (χ4v) is 4.93. The summed E-state index contributed by atoms with van der Waals surface area (Å²) >= 11 is 0. The van der Waals surface area contributed by atoms with E-state index in [1.54, 1.807) is 0 Å². The van der Waals surface area contributed by atoms with Crippen LogP contribution < -0.4 is 10.2 Å². The zero-order chi connectivity index (χ0) is 28.4. The summed E-state index contributed by atoms with van der Waals surface area (Å²) in [7, 11) is 0. The topological polar surface area (TPSA) is 80.3 Å². The maximum atomic E-state index is 10.2.